The summed E-state index contributed by atoms with van der Waals surface area (Å²) >= 11 is 3.07. The molecule has 0 amide bonds. The molecule has 0 bridgehead atoms. The number of hydrogen-bond donors (Lipinski definition) is 2. The van der Waals surface area contributed by atoms with Crippen molar-refractivity contribution in [3.8, 4) is 11.4 Å². The van der Waals surface area contributed by atoms with Crippen molar-refractivity contribution >= 4 is 21.9 Å². The number of halogens is 5. The Balaban J connectivity index is 1.81. The summed E-state index contributed by atoms with van der Waals surface area (Å²) in [5.41, 5.74) is -0.449. The average Bonchev–Trinajstić information content (AvgIpc) is 3.11. The molecule has 6 nitrogen and oxygen atoms in total. The monoisotopic (exact) mass is 418 g/mol. The molecular formula is C14H11BrF4N6. The topological polar surface area (TPSA) is 71.4 Å². The zero-order valence-corrected chi connectivity index (χ0v) is 14.3. The molecule has 0 spiro atoms. The number of benzene rings is 1. The normalized spacial score (nSPS) is 11.8. The first-order valence-corrected chi connectivity index (χ1v) is 7.74. The van der Waals surface area contributed by atoms with E-state index in [4.69, 9.17) is 0 Å². The van der Waals surface area contributed by atoms with Gasteiger partial charge in [-0.1, -0.05) is 12.1 Å². The van der Waals surface area contributed by atoms with Gasteiger partial charge in [0.1, 0.15) is 11.6 Å². The number of aromatic amines is 1. The lowest BCUT2D eigenvalue weighted by Gasteiger charge is -2.07. The number of rotatable bonds is 4. The van der Waals surface area contributed by atoms with Gasteiger partial charge in [0, 0.05) is 30.9 Å². The molecule has 1 aromatic carbocycles. The van der Waals surface area contributed by atoms with Gasteiger partial charge in [0.25, 0.3) is 0 Å². The van der Waals surface area contributed by atoms with E-state index in [1.807, 2.05) is 0 Å². The van der Waals surface area contributed by atoms with E-state index >= 15 is 0 Å². The Morgan fingerprint density at radius 1 is 1.28 bits per heavy atom. The first-order valence-electron chi connectivity index (χ1n) is 6.95. The fourth-order valence-corrected chi connectivity index (χ4v) is 2.47. The summed E-state index contributed by atoms with van der Waals surface area (Å²) in [4.78, 5) is 7.50. The molecule has 0 atom stereocenters. The largest absolute Gasteiger partial charge is 0.434 e. The van der Waals surface area contributed by atoms with Crippen LogP contribution >= 0.6 is 15.9 Å². The van der Waals surface area contributed by atoms with Crippen LogP contribution in [0.4, 0.5) is 23.5 Å². The summed E-state index contributed by atoms with van der Waals surface area (Å²) < 4.78 is 54.0. The Hall–Kier alpha value is -2.43. The number of H-pyrrole nitrogens is 1. The Morgan fingerprint density at radius 3 is 2.60 bits per heavy atom. The zero-order valence-electron chi connectivity index (χ0n) is 12.7. The van der Waals surface area contributed by atoms with E-state index in [0.717, 1.165) is 12.3 Å². The third kappa shape index (κ3) is 3.81. The van der Waals surface area contributed by atoms with Crippen LogP contribution in [0.5, 0.6) is 0 Å². The minimum absolute atomic E-state index is 0.0323. The first-order chi connectivity index (χ1) is 11.7. The van der Waals surface area contributed by atoms with Crippen LogP contribution in [0.1, 0.15) is 11.3 Å². The van der Waals surface area contributed by atoms with Gasteiger partial charge in [-0.25, -0.2) is 14.5 Å². The van der Waals surface area contributed by atoms with Crippen LogP contribution in [0.25, 0.3) is 11.4 Å². The van der Waals surface area contributed by atoms with Crippen molar-refractivity contribution in [1.29, 1.82) is 0 Å². The molecule has 2 N–H and O–H groups in total. The van der Waals surface area contributed by atoms with Crippen LogP contribution in [-0.2, 0) is 19.8 Å². The summed E-state index contributed by atoms with van der Waals surface area (Å²) in [6.45, 7) is 0.127. The quantitative estimate of drug-likeness (QED) is 0.633. The van der Waals surface area contributed by atoms with Crippen LogP contribution in [-0.4, -0.2) is 24.7 Å². The molecule has 0 saturated heterocycles. The van der Waals surface area contributed by atoms with Gasteiger partial charge < -0.3 is 9.88 Å². The fourth-order valence-electron chi connectivity index (χ4n) is 2.20. The first kappa shape index (κ1) is 17.4. The van der Waals surface area contributed by atoms with Crippen LogP contribution in [0.15, 0.2) is 29.1 Å². The highest BCUT2D eigenvalue weighted by molar-refractivity contribution is 9.10. The molecule has 11 heteroatoms. The Labute approximate surface area is 147 Å². The minimum Gasteiger partial charge on any atom is -0.350 e. The number of anilines is 1. The molecule has 0 unspecified atom stereocenters. The standard InChI is InChI=1S/C14H11BrF4N6/c1-25-6-10(14(17,18)19)21-11(25)7-2-3-8(9(16)4-7)5-20-13-22-12(15)23-24-13/h2-4,6H,5H2,1H3,(H2,20,22,23,24). The SMILES string of the molecule is Cn1cc(C(F)(F)F)nc1-c1ccc(CNc2nc(Br)n[nH]2)c(F)c1. The molecule has 2 aromatic heterocycles. The molecule has 132 valence electrons. The molecule has 0 saturated carbocycles. The van der Waals surface area contributed by atoms with Crippen molar-refractivity contribution in [2.45, 2.75) is 12.7 Å². The number of aromatic nitrogens is 5. The van der Waals surface area contributed by atoms with Crippen molar-refractivity contribution in [3.05, 3.63) is 46.2 Å². The van der Waals surface area contributed by atoms with Gasteiger partial charge in [-0.2, -0.15) is 18.2 Å². The number of nitrogens with one attached hydrogen (secondary N) is 2. The molecular weight excluding hydrogens is 408 g/mol. The second-order valence-corrected chi connectivity index (χ2v) is 5.88. The lowest BCUT2D eigenvalue weighted by molar-refractivity contribution is -0.140. The average molecular weight is 419 g/mol. The number of aryl methyl sites for hydroxylation is 1. The van der Waals surface area contributed by atoms with E-state index in [9.17, 15) is 17.6 Å². The van der Waals surface area contributed by atoms with Gasteiger partial charge in [-0.05, 0) is 22.0 Å². The van der Waals surface area contributed by atoms with Crippen LogP contribution < -0.4 is 5.32 Å². The second-order valence-electron chi connectivity index (χ2n) is 5.17. The lowest BCUT2D eigenvalue weighted by Crippen LogP contribution is -2.05. The Bertz CT molecular complexity index is 901. The van der Waals surface area contributed by atoms with Crippen LogP contribution in [0.2, 0.25) is 0 Å². The summed E-state index contributed by atoms with van der Waals surface area (Å²) in [5, 5.41) is 9.20. The van der Waals surface area contributed by atoms with E-state index in [1.165, 1.54) is 23.7 Å². The van der Waals surface area contributed by atoms with E-state index in [2.05, 4.69) is 41.4 Å². The van der Waals surface area contributed by atoms with Gasteiger partial charge in [0.05, 0.1) is 0 Å². The second kappa shape index (κ2) is 6.47. The van der Waals surface area contributed by atoms with Gasteiger partial charge >= 0.3 is 6.18 Å². The van der Waals surface area contributed by atoms with E-state index in [0.29, 0.717) is 16.2 Å². The number of alkyl halides is 3. The van der Waals surface area contributed by atoms with Gasteiger partial charge in [-0.3, -0.25) is 0 Å². The van der Waals surface area contributed by atoms with Gasteiger partial charge in [0.15, 0.2) is 5.69 Å². The third-order valence-electron chi connectivity index (χ3n) is 3.38. The zero-order chi connectivity index (χ0) is 18.2. The minimum atomic E-state index is -4.55. The Morgan fingerprint density at radius 2 is 2.04 bits per heavy atom. The maximum Gasteiger partial charge on any atom is 0.434 e. The maximum atomic E-state index is 14.3. The van der Waals surface area contributed by atoms with Gasteiger partial charge in [-0.15, -0.1) is 5.10 Å². The van der Waals surface area contributed by atoms with Crippen molar-refractivity contribution in [1.82, 2.24) is 24.7 Å². The molecule has 0 radical (unpaired) electrons. The van der Waals surface area contributed by atoms with Crippen molar-refractivity contribution in [2.75, 3.05) is 5.32 Å². The van der Waals surface area contributed by atoms with E-state index in [-0.39, 0.29) is 17.9 Å². The molecule has 25 heavy (non-hydrogen) atoms. The maximum absolute atomic E-state index is 14.3. The third-order valence-corrected chi connectivity index (χ3v) is 3.74. The van der Waals surface area contributed by atoms with Crippen LogP contribution in [0.3, 0.4) is 0 Å². The summed E-state index contributed by atoms with van der Waals surface area (Å²) in [5.74, 6) is -0.181. The highest BCUT2D eigenvalue weighted by Crippen LogP contribution is 2.31. The smallest absolute Gasteiger partial charge is 0.350 e. The van der Waals surface area contributed by atoms with Crippen molar-refractivity contribution < 1.29 is 17.6 Å². The molecule has 0 fully saturated rings. The summed E-state index contributed by atoms with van der Waals surface area (Å²) in [7, 11) is 1.42. The summed E-state index contributed by atoms with van der Waals surface area (Å²) in [6, 6.07) is 4.14. The number of hydrogen-bond acceptors (Lipinski definition) is 4. The van der Waals surface area contributed by atoms with Crippen molar-refractivity contribution in [2.24, 2.45) is 7.05 Å². The molecule has 3 rings (SSSR count). The Kier molecular flexibility index (Phi) is 4.50. The van der Waals surface area contributed by atoms with Crippen LogP contribution in [0, 0.1) is 5.82 Å². The van der Waals surface area contributed by atoms with E-state index in [1.54, 1.807) is 0 Å². The molecule has 0 aliphatic heterocycles. The summed E-state index contributed by atoms with van der Waals surface area (Å²) in [6.07, 6.45) is -3.69. The van der Waals surface area contributed by atoms with Crippen molar-refractivity contribution in [3.63, 3.8) is 0 Å². The molecule has 0 aliphatic carbocycles. The molecule has 2 heterocycles. The molecule has 0 aliphatic rings. The fraction of sp³-hybridized carbons (Fsp3) is 0.214. The predicted octanol–water partition coefficient (Wildman–Crippen LogP) is 3.74. The predicted molar refractivity (Wildman–Crippen MR) is 85.0 cm³/mol. The van der Waals surface area contributed by atoms with Gasteiger partial charge in [0.2, 0.25) is 10.7 Å². The highest BCUT2D eigenvalue weighted by Gasteiger charge is 2.34. The highest BCUT2D eigenvalue weighted by atomic mass is 79.9. The van der Waals surface area contributed by atoms with E-state index < -0.39 is 17.7 Å². The lowest BCUT2D eigenvalue weighted by atomic mass is 10.1. The molecule has 3 aromatic rings. The number of imidazole rings is 1. The number of nitrogens with zero attached hydrogens (tertiary/aromatic N) is 4.